The van der Waals surface area contributed by atoms with Crippen LogP contribution in [0.2, 0.25) is 0 Å². The molecule has 0 fully saturated rings. The van der Waals surface area contributed by atoms with Gasteiger partial charge in [-0.05, 0) is 11.5 Å². The smallest absolute Gasteiger partial charge is 0.169 e. The van der Waals surface area contributed by atoms with Gasteiger partial charge in [-0.1, -0.05) is 11.0 Å². The minimum atomic E-state index is 0.357. The number of rotatable bonds is 3. The lowest BCUT2D eigenvalue weighted by molar-refractivity contribution is 0.111. The first kappa shape index (κ1) is 10.3. The molecule has 0 aliphatic carbocycles. The Morgan fingerprint density at radius 1 is 1.79 bits per heavy atom. The Hall–Kier alpha value is -1.83. The third-order valence-corrected chi connectivity index (χ3v) is 2.01. The number of hydrogen-bond acceptors (Lipinski definition) is 4. The molecule has 5 nitrogen and oxygen atoms in total. The molecule has 1 heterocycles. The van der Waals surface area contributed by atoms with E-state index >= 15 is 0 Å². The van der Waals surface area contributed by atoms with Crippen LogP contribution in [0.15, 0.2) is 10.5 Å². The summed E-state index contributed by atoms with van der Waals surface area (Å²) in [5.41, 5.74) is 8.38. The van der Waals surface area contributed by atoms with Crippen molar-refractivity contribution in [1.82, 2.24) is 4.98 Å². The summed E-state index contributed by atoms with van der Waals surface area (Å²) in [6, 6.07) is 0. The number of thiazole rings is 1. The van der Waals surface area contributed by atoms with Crippen LogP contribution >= 0.6 is 11.3 Å². The first-order valence-corrected chi connectivity index (χ1v) is 4.65. The molecule has 0 atom stereocenters. The Kier molecular flexibility index (Phi) is 4.21. The van der Waals surface area contributed by atoms with Crippen molar-refractivity contribution in [2.24, 2.45) is 5.11 Å². The van der Waals surface area contributed by atoms with Crippen molar-refractivity contribution >= 4 is 17.6 Å². The van der Waals surface area contributed by atoms with E-state index in [1.165, 1.54) is 11.3 Å². The molecule has 1 aromatic rings. The van der Waals surface area contributed by atoms with Gasteiger partial charge in [-0.25, -0.2) is 4.98 Å². The highest BCUT2D eigenvalue weighted by Crippen LogP contribution is 2.05. The first-order valence-electron chi connectivity index (χ1n) is 3.77. The monoisotopic (exact) mass is 206 g/mol. The summed E-state index contributed by atoms with van der Waals surface area (Å²) < 4.78 is 0. The van der Waals surface area contributed by atoms with E-state index in [1.807, 2.05) is 0 Å². The van der Waals surface area contributed by atoms with Crippen molar-refractivity contribution in [2.45, 2.75) is 6.42 Å². The van der Waals surface area contributed by atoms with E-state index in [0.29, 0.717) is 30.0 Å². The van der Waals surface area contributed by atoms with Gasteiger partial charge in [0.1, 0.15) is 5.69 Å². The second-order valence-corrected chi connectivity index (χ2v) is 3.06. The minimum Gasteiger partial charge on any atom is -0.296 e. The average molecular weight is 206 g/mol. The van der Waals surface area contributed by atoms with Crippen molar-refractivity contribution in [1.29, 1.82) is 0 Å². The van der Waals surface area contributed by atoms with E-state index in [9.17, 15) is 4.79 Å². The third kappa shape index (κ3) is 3.27. The highest BCUT2D eigenvalue weighted by atomic mass is 32.1. The Balaban J connectivity index is 2.50. The quantitative estimate of drug-likeness (QED) is 0.189. The summed E-state index contributed by atoms with van der Waals surface area (Å²) in [7, 11) is 0. The molecular weight excluding hydrogens is 200 g/mol. The number of azide groups is 1. The molecule has 0 aliphatic rings. The maximum Gasteiger partial charge on any atom is 0.169 e. The van der Waals surface area contributed by atoms with Crippen LogP contribution in [0.5, 0.6) is 0 Å². The Bertz CT molecular complexity index is 422. The van der Waals surface area contributed by atoms with Gasteiger partial charge in [0.05, 0.1) is 0 Å². The number of aromatic nitrogens is 1. The lowest BCUT2D eigenvalue weighted by Crippen LogP contribution is -1.79. The average Bonchev–Trinajstić information content (AvgIpc) is 2.65. The van der Waals surface area contributed by atoms with Gasteiger partial charge < -0.3 is 0 Å². The summed E-state index contributed by atoms with van der Waals surface area (Å²) in [4.78, 5) is 16.8. The van der Waals surface area contributed by atoms with Crippen molar-refractivity contribution in [2.75, 3.05) is 6.54 Å². The van der Waals surface area contributed by atoms with Crippen LogP contribution in [-0.2, 0) is 0 Å². The van der Waals surface area contributed by atoms with Gasteiger partial charge in [0.2, 0.25) is 0 Å². The van der Waals surface area contributed by atoms with E-state index in [4.69, 9.17) is 5.53 Å². The summed E-state index contributed by atoms with van der Waals surface area (Å²) in [6.45, 7) is 0.357. The molecule has 14 heavy (non-hydrogen) atoms. The predicted octanol–water partition coefficient (Wildman–Crippen LogP) is 2.01. The molecule has 1 aromatic heterocycles. The molecule has 6 heteroatoms. The highest BCUT2D eigenvalue weighted by Gasteiger charge is 1.95. The SMILES string of the molecule is [N-]=[N+]=NCCC#Cc1nc(C=O)cs1. The Morgan fingerprint density at radius 3 is 3.29 bits per heavy atom. The van der Waals surface area contributed by atoms with E-state index < -0.39 is 0 Å². The number of aldehydes is 1. The van der Waals surface area contributed by atoms with Gasteiger partial charge in [-0.3, -0.25) is 4.79 Å². The molecule has 0 aromatic carbocycles. The lowest BCUT2D eigenvalue weighted by atomic mass is 10.4. The largest absolute Gasteiger partial charge is 0.296 e. The number of nitrogens with zero attached hydrogens (tertiary/aromatic N) is 4. The zero-order valence-corrected chi connectivity index (χ0v) is 7.99. The molecule has 0 spiro atoms. The van der Waals surface area contributed by atoms with Crippen LogP contribution in [-0.4, -0.2) is 17.8 Å². The molecule has 0 radical (unpaired) electrons. The third-order valence-electron chi connectivity index (χ3n) is 1.24. The maximum absolute atomic E-state index is 10.3. The summed E-state index contributed by atoms with van der Waals surface area (Å²) in [5, 5.41) is 5.58. The van der Waals surface area contributed by atoms with Crippen LogP contribution in [0.1, 0.15) is 21.9 Å². The lowest BCUT2D eigenvalue weighted by Gasteiger charge is -1.78. The van der Waals surface area contributed by atoms with Gasteiger partial charge >= 0.3 is 0 Å². The van der Waals surface area contributed by atoms with Crippen molar-refractivity contribution in [3.05, 3.63) is 26.5 Å². The molecule has 0 aliphatic heterocycles. The second-order valence-electron chi connectivity index (χ2n) is 2.20. The highest BCUT2D eigenvalue weighted by molar-refractivity contribution is 7.10. The van der Waals surface area contributed by atoms with Crippen molar-refractivity contribution < 1.29 is 4.79 Å². The van der Waals surface area contributed by atoms with E-state index in [2.05, 4.69) is 26.9 Å². The number of carbonyl (C=O) groups is 1. The molecule has 70 valence electrons. The Labute approximate surface area is 84.4 Å². The standard InChI is InChI=1S/C8H6N4OS/c9-12-10-4-2-1-3-8-11-7(5-13)6-14-8/h5-6H,2,4H2. The molecular formula is C8H6N4OS. The number of carbonyl (C=O) groups excluding carboxylic acids is 1. The second kappa shape index (κ2) is 5.75. The summed E-state index contributed by atoms with van der Waals surface area (Å²) >= 11 is 1.32. The van der Waals surface area contributed by atoms with Crippen molar-refractivity contribution in [3.8, 4) is 11.8 Å². The molecule has 0 bridgehead atoms. The summed E-state index contributed by atoms with van der Waals surface area (Å²) in [5.74, 6) is 5.56. The summed E-state index contributed by atoms with van der Waals surface area (Å²) in [6.07, 6.45) is 1.18. The molecule has 0 amide bonds. The normalized spacial score (nSPS) is 8.29. The van der Waals surface area contributed by atoms with E-state index in [0.717, 1.165) is 0 Å². The van der Waals surface area contributed by atoms with Gasteiger partial charge in [0.15, 0.2) is 11.3 Å². The molecule has 0 saturated carbocycles. The minimum absolute atomic E-state index is 0.357. The van der Waals surface area contributed by atoms with Crippen LogP contribution < -0.4 is 0 Å². The van der Waals surface area contributed by atoms with Crippen LogP contribution in [0, 0.1) is 11.8 Å². The van der Waals surface area contributed by atoms with Crippen LogP contribution in [0.4, 0.5) is 0 Å². The first-order chi connectivity index (χ1) is 6.86. The van der Waals surface area contributed by atoms with Gasteiger partial charge in [0.25, 0.3) is 0 Å². The molecule has 0 N–H and O–H groups in total. The number of hydrogen-bond donors (Lipinski definition) is 0. The van der Waals surface area contributed by atoms with E-state index in [1.54, 1.807) is 5.38 Å². The zero-order valence-electron chi connectivity index (χ0n) is 7.17. The molecule has 0 unspecified atom stereocenters. The van der Waals surface area contributed by atoms with Gasteiger partial charge in [0, 0.05) is 23.3 Å². The van der Waals surface area contributed by atoms with Crippen LogP contribution in [0.3, 0.4) is 0 Å². The van der Waals surface area contributed by atoms with Crippen LogP contribution in [0.25, 0.3) is 10.4 Å². The topological polar surface area (TPSA) is 78.7 Å². The molecule has 0 saturated heterocycles. The van der Waals surface area contributed by atoms with E-state index in [-0.39, 0.29) is 0 Å². The predicted molar refractivity (Wildman–Crippen MR) is 53.0 cm³/mol. The Morgan fingerprint density at radius 2 is 2.64 bits per heavy atom. The fourth-order valence-electron chi connectivity index (χ4n) is 0.686. The van der Waals surface area contributed by atoms with Gasteiger partial charge in [-0.15, -0.1) is 11.3 Å². The molecule has 1 rings (SSSR count). The maximum atomic E-state index is 10.3. The fraction of sp³-hybridized carbons (Fsp3) is 0.250. The van der Waals surface area contributed by atoms with Crippen molar-refractivity contribution in [3.63, 3.8) is 0 Å². The fourth-order valence-corrected chi connectivity index (χ4v) is 1.32. The zero-order chi connectivity index (χ0) is 10.2. The van der Waals surface area contributed by atoms with Gasteiger partial charge in [-0.2, -0.15) is 0 Å².